The molecule has 2 aromatic rings. The van der Waals surface area contributed by atoms with Gasteiger partial charge in [-0.2, -0.15) is 0 Å². The van der Waals surface area contributed by atoms with Crippen molar-refractivity contribution in [3.8, 4) is 5.75 Å². The van der Waals surface area contributed by atoms with Crippen molar-refractivity contribution in [3.63, 3.8) is 0 Å². The topological polar surface area (TPSA) is 71.8 Å². The van der Waals surface area contributed by atoms with Crippen LogP contribution in [0.2, 0.25) is 0 Å². The summed E-state index contributed by atoms with van der Waals surface area (Å²) in [4.78, 5) is 25.7. The molecule has 0 aliphatic rings. The smallest absolute Gasteiger partial charge is 0.257 e. The number of carbonyl (C=O) groups is 2. The first-order chi connectivity index (χ1) is 10.9. The molecule has 0 atom stereocenters. The fraction of sp³-hybridized carbons (Fsp3) is 0.294. The van der Waals surface area contributed by atoms with Crippen LogP contribution in [0.5, 0.6) is 5.75 Å². The van der Waals surface area contributed by atoms with E-state index in [9.17, 15) is 9.59 Å². The maximum absolute atomic E-state index is 12.3. The number of nitrogens with one attached hydrogen (secondary N) is 1. The number of ether oxygens (including phenoxy) is 1. The van der Waals surface area contributed by atoms with Gasteiger partial charge >= 0.3 is 0 Å². The second kappa shape index (κ2) is 7.00. The third-order valence-corrected chi connectivity index (χ3v) is 3.37. The minimum Gasteiger partial charge on any atom is -0.497 e. The molecule has 1 aromatic heterocycles. The summed E-state index contributed by atoms with van der Waals surface area (Å²) >= 11 is 0. The summed E-state index contributed by atoms with van der Waals surface area (Å²) in [6, 6.07) is 8.66. The lowest BCUT2D eigenvalue weighted by Gasteiger charge is -2.16. The first-order valence-corrected chi connectivity index (χ1v) is 7.17. The SMILES string of the molecule is COc1ccc(NC(=O)CN(C)C(=O)c2cc(C)oc2C)cc1. The van der Waals surface area contributed by atoms with Gasteiger partial charge in [0.25, 0.3) is 5.91 Å². The quantitative estimate of drug-likeness (QED) is 0.920. The van der Waals surface area contributed by atoms with E-state index in [4.69, 9.17) is 9.15 Å². The average Bonchev–Trinajstić information content (AvgIpc) is 2.85. The summed E-state index contributed by atoms with van der Waals surface area (Å²) in [6.07, 6.45) is 0. The molecule has 0 fully saturated rings. The monoisotopic (exact) mass is 316 g/mol. The molecule has 0 spiro atoms. The third kappa shape index (κ3) is 4.12. The number of hydrogen-bond acceptors (Lipinski definition) is 4. The highest BCUT2D eigenvalue weighted by atomic mass is 16.5. The number of nitrogens with zero attached hydrogens (tertiary/aromatic N) is 1. The van der Waals surface area contributed by atoms with Crippen molar-refractivity contribution >= 4 is 17.5 Å². The van der Waals surface area contributed by atoms with Crippen LogP contribution in [0.15, 0.2) is 34.7 Å². The lowest BCUT2D eigenvalue weighted by atomic mass is 10.2. The number of benzene rings is 1. The van der Waals surface area contributed by atoms with Crippen molar-refractivity contribution in [3.05, 3.63) is 47.4 Å². The lowest BCUT2D eigenvalue weighted by Crippen LogP contribution is -2.35. The highest BCUT2D eigenvalue weighted by Gasteiger charge is 2.19. The van der Waals surface area contributed by atoms with Gasteiger partial charge in [-0.05, 0) is 44.2 Å². The van der Waals surface area contributed by atoms with E-state index in [0.29, 0.717) is 28.5 Å². The second-order valence-corrected chi connectivity index (χ2v) is 5.26. The van der Waals surface area contributed by atoms with Crippen LogP contribution in [-0.2, 0) is 4.79 Å². The summed E-state index contributed by atoms with van der Waals surface area (Å²) in [7, 11) is 3.16. The fourth-order valence-electron chi connectivity index (χ4n) is 2.21. The van der Waals surface area contributed by atoms with Gasteiger partial charge in [-0.3, -0.25) is 9.59 Å². The van der Waals surface area contributed by atoms with Crippen LogP contribution in [0.1, 0.15) is 21.9 Å². The van der Waals surface area contributed by atoms with E-state index in [1.54, 1.807) is 58.3 Å². The van der Waals surface area contributed by atoms with Crippen molar-refractivity contribution in [1.29, 1.82) is 0 Å². The van der Waals surface area contributed by atoms with E-state index in [1.807, 2.05) is 0 Å². The maximum atomic E-state index is 12.3. The van der Waals surface area contributed by atoms with E-state index in [0.717, 1.165) is 0 Å². The Morgan fingerprint density at radius 2 is 1.87 bits per heavy atom. The van der Waals surface area contributed by atoms with Gasteiger partial charge in [0.15, 0.2) is 0 Å². The van der Waals surface area contributed by atoms with Crippen LogP contribution in [0.25, 0.3) is 0 Å². The molecule has 2 rings (SSSR count). The van der Waals surface area contributed by atoms with Crippen LogP contribution in [0.3, 0.4) is 0 Å². The van der Waals surface area contributed by atoms with Gasteiger partial charge < -0.3 is 19.4 Å². The first kappa shape index (κ1) is 16.6. The predicted molar refractivity (Wildman–Crippen MR) is 86.8 cm³/mol. The molecule has 0 bridgehead atoms. The van der Waals surface area contributed by atoms with Gasteiger partial charge in [-0.15, -0.1) is 0 Å². The van der Waals surface area contributed by atoms with Gasteiger partial charge in [0.2, 0.25) is 5.91 Å². The average molecular weight is 316 g/mol. The van der Waals surface area contributed by atoms with Gasteiger partial charge in [0, 0.05) is 12.7 Å². The number of methoxy groups -OCH3 is 1. The highest BCUT2D eigenvalue weighted by Crippen LogP contribution is 2.16. The van der Waals surface area contributed by atoms with E-state index in [1.165, 1.54) is 4.90 Å². The number of rotatable bonds is 5. The Morgan fingerprint density at radius 1 is 1.22 bits per heavy atom. The molecule has 0 aliphatic heterocycles. The Balaban J connectivity index is 1.96. The van der Waals surface area contributed by atoms with Crippen LogP contribution in [-0.4, -0.2) is 37.4 Å². The summed E-state index contributed by atoms with van der Waals surface area (Å²) < 4.78 is 10.4. The van der Waals surface area contributed by atoms with E-state index < -0.39 is 0 Å². The molecule has 0 aliphatic carbocycles. The minimum atomic E-state index is -0.274. The largest absolute Gasteiger partial charge is 0.497 e. The summed E-state index contributed by atoms with van der Waals surface area (Å²) in [5, 5.41) is 2.74. The molecule has 1 heterocycles. The molecular formula is C17H20N2O4. The summed E-state index contributed by atoms with van der Waals surface area (Å²) in [5.74, 6) is 1.41. The molecule has 0 saturated carbocycles. The number of carbonyl (C=O) groups excluding carboxylic acids is 2. The second-order valence-electron chi connectivity index (χ2n) is 5.26. The summed E-state index contributed by atoms with van der Waals surface area (Å²) in [5.41, 5.74) is 1.12. The molecule has 0 radical (unpaired) electrons. The molecule has 0 saturated heterocycles. The van der Waals surface area contributed by atoms with E-state index >= 15 is 0 Å². The van der Waals surface area contributed by atoms with Crippen molar-refractivity contribution in [2.24, 2.45) is 0 Å². The van der Waals surface area contributed by atoms with Gasteiger partial charge in [-0.25, -0.2) is 0 Å². The molecule has 6 nitrogen and oxygen atoms in total. The minimum absolute atomic E-state index is 0.0471. The Morgan fingerprint density at radius 3 is 2.39 bits per heavy atom. The van der Waals surface area contributed by atoms with Crippen LogP contribution < -0.4 is 10.1 Å². The zero-order chi connectivity index (χ0) is 17.0. The van der Waals surface area contributed by atoms with Crippen LogP contribution in [0.4, 0.5) is 5.69 Å². The third-order valence-electron chi connectivity index (χ3n) is 3.37. The summed E-state index contributed by atoms with van der Waals surface area (Å²) in [6.45, 7) is 3.46. The van der Waals surface area contributed by atoms with Crippen LogP contribution in [0, 0.1) is 13.8 Å². The number of aryl methyl sites for hydroxylation is 2. The molecule has 6 heteroatoms. The van der Waals surface area contributed by atoms with Crippen molar-refractivity contribution in [2.45, 2.75) is 13.8 Å². The molecule has 122 valence electrons. The maximum Gasteiger partial charge on any atom is 0.257 e. The highest BCUT2D eigenvalue weighted by molar-refractivity contribution is 5.99. The first-order valence-electron chi connectivity index (χ1n) is 7.17. The zero-order valence-electron chi connectivity index (χ0n) is 13.7. The normalized spacial score (nSPS) is 10.3. The lowest BCUT2D eigenvalue weighted by molar-refractivity contribution is -0.116. The molecule has 1 aromatic carbocycles. The molecule has 0 unspecified atom stereocenters. The predicted octanol–water partition coefficient (Wildman–Crippen LogP) is 2.62. The number of hydrogen-bond donors (Lipinski definition) is 1. The number of amides is 2. The number of likely N-dealkylation sites (N-methyl/N-ethyl adjacent to an activating group) is 1. The van der Waals surface area contributed by atoms with Gasteiger partial charge in [0.05, 0.1) is 19.2 Å². The number of anilines is 1. The molecular weight excluding hydrogens is 296 g/mol. The van der Waals surface area contributed by atoms with Gasteiger partial charge in [0.1, 0.15) is 17.3 Å². The molecule has 2 amide bonds. The Hall–Kier alpha value is -2.76. The van der Waals surface area contributed by atoms with Gasteiger partial charge in [-0.1, -0.05) is 0 Å². The zero-order valence-corrected chi connectivity index (χ0v) is 13.7. The molecule has 1 N–H and O–H groups in total. The van der Waals surface area contributed by atoms with E-state index in [2.05, 4.69) is 5.32 Å². The van der Waals surface area contributed by atoms with Crippen LogP contribution >= 0.6 is 0 Å². The van der Waals surface area contributed by atoms with Crippen molar-refractivity contribution in [2.75, 3.05) is 26.0 Å². The number of furan rings is 1. The fourth-order valence-corrected chi connectivity index (χ4v) is 2.21. The molecule has 23 heavy (non-hydrogen) atoms. The van der Waals surface area contributed by atoms with Crippen molar-refractivity contribution < 1.29 is 18.7 Å². The Bertz CT molecular complexity index is 704. The van der Waals surface area contributed by atoms with Crippen molar-refractivity contribution in [1.82, 2.24) is 4.90 Å². The standard InChI is InChI=1S/C17H20N2O4/c1-11-9-15(12(2)23-11)17(21)19(3)10-16(20)18-13-5-7-14(22-4)8-6-13/h5-9H,10H2,1-4H3,(H,18,20). The Kier molecular flexibility index (Phi) is 5.05. The van der Waals surface area contributed by atoms with E-state index in [-0.39, 0.29) is 18.4 Å². The Labute approximate surface area is 135 Å².